The van der Waals surface area contributed by atoms with Crippen LogP contribution < -0.4 is 21.3 Å². The SMILES string of the molecule is C#CCCC(NC(=O)[C@@H]1[C@H]2CCC[C@H]2CN1C(=O)[C@@H](NC(=O)N[C@H](CN(C)S(=O)(=O)N(C)C)C(C)(C)C)C1(C)CCCCC1)C(=O)C(=O)NCC=C. The lowest BCUT2D eigenvalue weighted by atomic mass is 9.70. The molecule has 0 radical (unpaired) electrons. The van der Waals surface area contributed by atoms with Crippen molar-refractivity contribution in [1.29, 1.82) is 0 Å². The minimum absolute atomic E-state index is 0.00375. The summed E-state index contributed by atoms with van der Waals surface area (Å²) in [6, 6.07) is -4.27. The van der Waals surface area contributed by atoms with Gasteiger partial charge in [0.25, 0.3) is 16.1 Å². The zero-order valence-corrected chi connectivity index (χ0v) is 32.9. The number of amides is 5. The molecule has 5 amide bonds. The number of hydrogen-bond acceptors (Lipinski definition) is 7. The highest BCUT2D eigenvalue weighted by molar-refractivity contribution is 7.86. The fourth-order valence-corrected chi connectivity index (χ4v) is 8.77. The van der Waals surface area contributed by atoms with Crippen LogP contribution in [0.1, 0.15) is 91.9 Å². The van der Waals surface area contributed by atoms with Crippen LogP contribution in [-0.4, -0.2) is 116 Å². The maximum atomic E-state index is 14.9. The van der Waals surface area contributed by atoms with Crippen LogP contribution >= 0.6 is 0 Å². The second kappa shape index (κ2) is 18.0. The summed E-state index contributed by atoms with van der Waals surface area (Å²) in [6.45, 7) is 11.6. The van der Waals surface area contributed by atoms with Gasteiger partial charge >= 0.3 is 6.03 Å². The Morgan fingerprint density at radius 2 is 1.67 bits per heavy atom. The fraction of sp³-hybridized carbons (Fsp3) is 0.757. The average molecular weight is 748 g/mol. The first kappa shape index (κ1) is 42.9. The highest BCUT2D eigenvalue weighted by Crippen LogP contribution is 2.45. The third kappa shape index (κ3) is 10.3. The molecule has 14 nitrogen and oxygen atoms in total. The third-order valence-corrected chi connectivity index (χ3v) is 13.0. The molecule has 3 aliphatic rings. The largest absolute Gasteiger partial charge is 0.346 e. The summed E-state index contributed by atoms with van der Waals surface area (Å²) in [7, 11) is 0.582. The summed E-state index contributed by atoms with van der Waals surface area (Å²) in [4.78, 5) is 70.3. The molecule has 1 saturated heterocycles. The van der Waals surface area contributed by atoms with Crippen LogP contribution in [0.4, 0.5) is 4.79 Å². The molecular formula is C37H61N7O7S. The molecule has 0 aromatic heterocycles. The molecule has 0 aromatic carbocycles. The second-order valence-corrected chi connectivity index (χ2v) is 18.5. The first-order chi connectivity index (χ1) is 24.3. The molecule has 3 rings (SSSR count). The van der Waals surface area contributed by atoms with Gasteiger partial charge in [-0.25, -0.2) is 4.79 Å². The number of terminal acetylenes is 1. The van der Waals surface area contributed by atoms with Crippen molar-refractivity contribution in [1.82, 2.24) is 34.8 Å². The van der Waals surface area contributed by atoms with Gasteiger partial charge in [0.1, 0.15) is 12.1 Å². The smallest absolute Gasteiger partial charge is 0.315 e. The molecule has 2 aliphatic carbocycles. The molecule has 292 valence electrons. The van der Waals surface area contributed by atoms with Crippen LogP contribution in [0, 0.1) is 35.0 Å². The minimum atomic E-state index is -3.75. The molecule has 2 saturated carbocycles. The van der Waals surface area contributed by atoms with Gasteiger partial charge in [-0.1, -0.05) is 59.5 Å². The second-order valence-electron chi connectivity index (χ2n) is 16.2. The molecule has 15 heteroatoms. The maximum absolute atomic E-state index is 14.9. The lowest BCUT2D eigenvalue weighted by Gasteiger charge is -2.43. The normalized spacial score (nSPS) is 23.2. The van der Waals surface area contributed by atoms with E-state index < -0.39 is 68.8 Å². The molecule has 0 bridgehead atoms. The van der Waals surface area contributed by atoms with Crippen LogP contribution in [0.15, 0.2) is 12.7 Å². The predicted molar refractivity (Wildman–Crippen MR) is 200 cm³/mol. The molecule has 52 heavy (non-hydrogen) atoms. The van der Waals surface area contributed by atoms with E-state index in [9.17, 15) is 32.4 Å². The van der Waals surface area contributed by atoms with E-state index in [1.54, 1.807) is 4.90 Å². The highest BCUT2D eigenvalue weighted by Gasteiger charge is 2.53. The topological polar surface area (TPSA) is 177 Å². The lowest BCUT2D eigenvalue weighted by molar-refractivity contribution is -0.145. The van der Waals surface area contributed by atoms with Crippen LogP contribution in [0.5, 0.6) is 0 Å². The molecule has 0 spiro atoms. The number of likely N-dealkylation sites (N-methyl/N-ethyl adjacent to an activating group) is 1. The number of Topliss-reactive ketones (excluding diaryl/α,β-unsaturated/α-hetero) is 1. The monoisotopic (exact) mass is 747 g/mol. The number of nitrogens with zero attached hydrogens (tertiary/aromatic N) is 3. The van der Waals surface area contributed by atoms with E-state index in [0.29, 0.717) is 19.4 Å². The van der Waals surface area contributed by atoms with Crippen LogP contribution in [0.25, 0.3) is 0 Å². The molecule has 1 aliphatic heterocycles. The van der Waals surface area contributed by atoms with Gasteiger partial charge in [-0.3, -0.25) is 19.2 Å². The van der Waals surface area contributed by atoms with Gasteiger partial charge in [-0.2, -0.15) is 17.0 Å². The lowest BCUT2D eigenvalue weighted by Crippen LogP contribution is -2.63. The zero-order valence-electron chi connectivity index (χ0n) is 32.1. The Labute approximate surface area is 310 Å². The van der Waals surface area contributed by atoms with Gasteiger partial charge in [0.05, 0.1) is 6.04 Å². The Hall–Kier alpha value is -3.48. The Morgan fingerprint density at radius 1 is 1.02 bits per heavy atom. The molecule has 1 unspecified atom stereocenters. The number of likely N-dealkylation sites (tertiary alicyclic amines) is 1. The first-order valence-corrected chi connectivity index (χ1v) is 19.9. The Morgan fingerprint density at radius 3 is 2.25 bits per heavy atom. The number of carbonyl (C=O) groups is 5. The molecule has 3 fully saturated rings. The number of hydrogen-bond donors (Lipinski definition) is 4. The zero-order chi connectivity index (χ0) is 39.0. The number of carbonyl (C=O) groups excluding carboxylic acids is 5. The van der Waals surface area contributed by atoms with Crippen LogP contribution in [0.3, 0.4) is 0 Å². The minimum Gasteiger partial charge on any atom is -0.346 e. The number of nitrogens with one attached hydrogen (secondary N) is 4. The van der Waals surface area contributed by atoms with Crippen molar-refractivity contribution in [2.45, 2.75) is 116 Å². The highest BCUT2D eigenvalue weighted by atomic mass is 32.2. The van der Waals surface area contributed by atoms with Gasteiger partial charge in [0, 0.05) is 53.2 Å². The quantitative estimate of drug-likeness (QED) is 0.106. The van der Waals surface area contributed by atoms with Crippen molar-refractivity contribution in [2.24, 2.45) is 22.7 Å². The fourth-order valence-electron chi connectivity index (χ4n) is 7.88. The number of fused-ring (bicyclic) bond motifs is 1. The van der Waals surface area contributed by atoms with Crippen molar-refractivity contribution < 1.29 is 32.4 Å². The molecule has 1 heterocycles. The molecule has 4 N–H and O–H groups in total. The Balaban J connectivity index is 1.93. The van der Waals surface area contributed by atoms with Crippen molar-refractivity contribution in [3.05, 3.63) is 12.7 Å². The maximum Gasteiger partial charge on any atom is 0.315 e. The van der Waals surface area contributed by atoms with E-state index >= 15 is 0 Å². The molecule has 6 atom stereocenters. The first-order valence-electron chi connectivity index (χ1n) is 18.5. The molecular weight excluding hydrogens is 687 g/mol. The van der Waals surface area contributed by atoms with E-state index in [-0.39, 0.29) is 43.7 Å². The summed E-state index contributed by atoms with van der Waals surface area (Å²) >= 11 is 0. The van der Waals surface area contributed by atoms with Crippen molar-refractivity contribution in [3.8, 4) is 12.3 Å². The van der Waals surface area contributed by atoms with Crippen LogP contribution in [-0.2, 0) is 29.4 Å². The van der Waals surface area contributed by atoms with E-state index in [1.165, 1.54) is 31.5 Å². The summed E-state index contributed by atoms with van der Waals surface area (Å²) in [6.07, 6.45) is 13.7. The summed E-state index contributed by atoms with van der Waals surface area (Å²) in [5.41, 5.74) is -1.16. The van der Waals surface area contributed by atoms with Gasteiger partial charge in [-0.05, 0) is 54.8 Å². The van der Waals surface area contributed by atoms with Crippen molar-refractivity contribution in [3.63, 3.8) is 0 Å². The van der Waals surface area contributed by atoms with Crippen LogP contribution in [0.2, 0.25) is 0 Å². The number of rotatable bonds is 16. The molecule has 0 aromatic rings. The van der Waals surface area contributed by atoms with Gasteiger partial charge in [-0.15, -0.1) is 18.9 Å². The van der Waals surface area contributed by atoms with E-state index in [2.05, 4.69) is 33.8 Å². The van der Waals surface area contributed by atoms with Gasteiger partial charge in [0.2, 0.25) is 17.6 Å². The van der Waals surface area contributed by atoms with E-state index in [4.69, 9.17) is 6.42 Å². The van der Waals surface area contributed by atoms with Gasteiger partial charge < -0.3 is 26.2 Å². The Kier molecular flexibility index (Phi) is 14.9. The predicted octanol–water partition coefficient (Wildman–Crippen LogP) is 2.17. The summed E-state index contributed by atoms with van der Waals surface area (Å²) in [5, 5.41) is 11.2. The van der Waals surface area contributed by atoms with Crippen molar-refractivity contribution >= 4 is 39.7 Å². The Bertz CT molecular complexity index is 1480. The number of urea groups is 1. The standard InChI is InChI=1S/C37H61N7O7S/c1-10-12-19-27(30(45)33(47)38-22-11-2)39-32(46)29-26-18-16-17-25(26)23-44(29)34(48)31(37(6)20-14-13-15-21-37)41-35(49)40-28(36(3,4)5)24-43(9)52(50,51)42(7)8/h1,11,25-29,31H,2,12-24H2,3-9H3,(H,38,47)(H,39,46)(H2,40,41,49)/t25-,26-,27?,28+,29-,31+/m0/s1. The van der Waals surface area contributed by atoms with Crippen molar-refractivity contribution in [2.75, 3.05) is 40.8 Å². The number of ketones is 1. The summed E-state index contributed by atoms with van der Waals surface area (Å²) < 4.78 is 28.0. The average Bonchev–Trinajstić information content (AvgIpc) is 3.68. The third-order valence-electron chi connectivity index (χ3n) is 11.1. The summed E-state index contributed by atoms with van der Waals surface area (Å²) in [5.74, 6) is -0.189. The van der Waals surface area contributed by atoms with Gasteiger partial charge in [0.15, 0.2) is 0 Å². The van der Waals surface area contributed by atoms with E-state index in [1.807, 2.05) is 27.7 Å². The van der Waals surface area contributed by atoms with E-state index in [0.717, 1.165) is 42.8 Å².